The van der Waals surface area contributed by atoms with Crippen LogP contribution in [0.1, 0.15) is 18.1 Å². The Bertz CT molecular complexity index is 431. The van der Waals surface area contributed by atoms with Gasteiger partial charge in [-0.05, 0) is 34.2 Å². The highest BCUT2D eigenvalue weighted by molar-refractivity contribution is 14.1. The monoisotopic (exact) mass is 380 g/mol. The number of aliphatic hydroxyl groups is 1. The van der Waals surface area contributed by atoms with E-state index >= 15 is 0 Å². The minimum atomic E-state index is -0.658. The molecule has 106 valence electrons. The minimum Gasteiger partial charge on any atom is -0.493 e. The molecule has 1 N–H and O–H groups in total. The van der Waals surface area contributed by atoms with E-state index in [4.69, 9.17) is 18.9 Å². The Morgan fingerprint density at radius 2 is 2.00 bits per heavy atom. The molecular formula is C13H17IO5. The van der Waals surface area contributed by atoms with Crippen molar-refractivity contribution >= 4 is 22.6 Å². The molecule has 0 amide bonds. The molecule has 0 bridgehead atoms. The number of halogens is 1. The van der Waals surface area contributed by atoms with Crippen LogP contribution in [-0.2, 0) is 9.47 Å². The van der Waals surface area contributed by atoms with Gasteiger partial charge in [-0.3, -0.25) is 0 Å². The summed E-state index contributed by atoms with van der Waals surface area (Å²) in [4.78, 5) is 0. The van der Waals surface area contributed by atoms with Gasteiger partial charge in [-0.25, -0.2) is 0 Å². The van der Waals surface area contributed by atoms with Crippen molar-refractivity contribution in [1.29, 1.82) is 0 Å². The number of methoxy groups -OCH3 is 2. The van der Waals surface area contributed by atoms with Crippen molar-refractivity contribution in [3.63, 3.8) is 0 Å². The summed E-state index contributed by atoms with van der Waals surface area (Å²) in [6.45, 7) is 1.17. The van der Waals surface area contributed by atoms with Gasteiger partial charge in [-0.1, -0.05) is 6.07 Å². The Labute approximate surface area is 125 Å². The largest absolute Gasteiger partial charge is 0.493 e. The smallest absolute Gasteiger partial charge is 0.174 e. The van der Waals surface area contributed by atoms with Crippen LogP contribution in [0.4, 0.5) is 0 Å². The van der Waals surface area contributed by atoms with Crippen molar-refractivity contribution in [1.82, 2.24) is 0 Å². The first kappa shape index (κ1) is 14.8. The standard InChI is InChI=1S/C13H17IO5/c1-16-10-4-3-8(12(14)13(10)17-2)9(15)7-11-18-5-6-19-11/h3-4,9,11,15H,5-7H2,1-2H3. The normalized spacial score (nSPS) is 17.5. The van der Waals surface area contributed by atoms with Crippen molar-refractivity contribution in [2.24, 2.45) is 0 Å². The molecule has 1 aromatic carbocycles. The molecule has 1 heterocycles. The third-order valence-corrected chi connectivity index (χ3v) is 4.09. The molecule has 1 aliphatic heterocycles. The van der Waals surface area contributed by atoms with E-state index in [-0.39, 0.29) is 6.29 Å². The summed E-state index contributed by atoms with van der Waals surface area (Å²) >= 11 is 2.15. The summed E-state index contributed by atoms with van der Waals surface area (Å²) in [5, 5.41) is 10.3. The maximum atomic E-state index is 10.3. The van der Waals surface area contributed by atoms with E-state index in [0.29, 0.717) is 31.1 Å². The lowest BCUT2D eigenvalue weighted by Crippen LogP contribution is -2.14. The van der Waals surface area contributed by atoms with Gasteiger partial charge in [-0.15, -0.1) is 0 Å². The molecule has 1 unspecified atom stereocenters. The van der Waals surface area contributed by atoms with Gasteiger partial charge >= 0.3 is 0 Å². The first-order chi connectivity index (χ1) is 9.17. The number of hydrogen-bond acceptors (Lipinski definition) is 5. The molecule has 0 radical (unpaired) electrons. The molecule has 5 nitrogen and oxygen atoms in total. The van der Waals surface area contributed by atoms with Crippen molar-refractivity contribution in [2.45, 2.75) is 18.8 Å². The maximum Gasteiger partial charge on any atom is 0.174 e. The Balaban J connectivity index is 2.18. The predicted molar refractivity (Wildman–Crippen MR) is 77.5 cm³/mol. The van der Waals surface area contributed by atoms with Crippen LogP contribution < -0.4 is 9.47 Å². The zero-order valence-electron chi connectivity index (χ0n) is 10.9. The van der Waals surface area contributed by atoms with Gasteiger partial charge in [0, 0.05) is 6.42 Å². The molecule has 2 rings (SSSR count). The fraction of sp³-hybridized carbons (Fsp3) is 0.538. The molecule has 1 fully saturated rings. The van der Waals surface area contributed by atoms with Gasteiger partial charge in [0.2, 0.25) is 0 Å². The summed E-state index contributed by atoms with van der Waals surface area (Å²) in [5.74, 6) is 1.28. The highest BCUT2D eigenvalue weighted by atomic mass is 127. The predicted octanol–water partition coefficient (Wildman–Crippen LogP) is 2.10. The SMILES string of the molecule is COc1ccc(C(O)CC2OCCO2)c(I)c1OC. The van der Waals surface area contributed by atoms with Crippen LogP contribution in [0.25, 0.3) is 0 Å². The van der Waals surface area contributed by atoms with E-state index in [1.807, 2.05) is 6.07 Å². The van der Waals surface area contributed by atoms with Crippen LogP contribution in [-0.4, -0.2) is 38.8 Å². The molecule has 1 atom stereocenters. The Kier molecular flexibility index (Phi) is 5.26. The molecule has 0 aliphatic carbocycles. The van der Waals surface area contributed by atoms with E-state index in [1.54, 1.807) is 20.3 Å². The van der Waals surface area contributed by atoms with E-state index in [0.717, 1.165) is 9.13 Å². The van der Waals surface area contributed by atoms with E-state index in [2.05, 4.69) is 22.6 Å². The quantitative estimate of drug-likeness (QED) is 0.794. The zero-order chi connectivity index (χ0) is 13.8. The molecular weight excluding hydrogens is 363 g/mol. The van der Waals surface area contributed by atoms with E-state index in [1.165, 1.54) is 0 Å². The van der Waals surface area contributed by atoms with Crippen molar-refractivity contribution in [3.8, 4) is 11.5 Å². The van der Waals surface area contributed by atoms with Crippen LogP contribution in [0.2, 0.25) is 0 Å². The average molecular weight is 380 g/mol. The number of rotatable bonds is 5. The van der Waals surface area contributed by atoms with Gasteiger partial charge in [0.15, 0.2) is 17.8 Å². The van der Waals surface area contributed by atoms with Crippen LogP contribution in [0.5, 0.6) is 11.5 Å². The fourth-order valence-corrected chi connectivity index (χ4v) is 3.04. The third kappa shape index (κ3) is 3.31. The molecule has 0 aromatic heterocycles. The molecule has 0 saturated carbocycles. The van der Waals surface area contributed by atoms with Crippen molar-refractivity contribution in [3.05, 3.63) is 21.3 Å². The highest BCUT2D eigenvalue weighted by Crippen LogP contribution is 2.38. The lowest BCUT2D eigenvalue weighted by atomic mass is 10.1. The third-order valence-electron chi connectivity index (χ3n) is 2.98. The number of benzene rings is 1. The lowest BCUT2D eigenvalue weighted by molar-refractivity contribution is -0.0709. The minimum absolute atomic E-state index is 0.334. The van der Waals surface area contributed by atoms with Crippen molar-refractivity contribution < 1.29 is 24.1 Å². The zero-order valence-corrected chi connectivity index (χ0v) is 13.0. The second-order valence-corrected chi connectivity index (χ2v) is 5.21. The van der Waals surface area contributed by atoms with Crippen LogP contribution in [0.3, 0.4) is 0 Å². The number of hydrogen-bond donors (Lipinski definition) is 1. The average Bonchev–Trinajstić information content (AvgIpc) is 2.90. The molecule has 19 heavy (non-hydrogen) atoms. The van der Waals surface area contributed by atoms with Crippen LogP contribution >= 0.6 is 22.6 Å². The molecule has 6 heteroatoms. The van der Waals surface area contributed by atoms with Gasteiger partial charge in [0.05, 0.1) is 37.1 Å². The summed E-state index contributed by atoms with van der Waals surface area (Å²) < 4.78 is 22.1. The molecule has 1 aromatic rings. The van der Waals surface area contributed by atoms with Crippen molar-refractivity contribution in [2.75, 3.05) is 27.4 Å². The Morgan fingerprint density at radius 1 is 1.32 bits per heavy atom. The molecule has 0 spiro atoms. The molecule has 1 saturated heterocycles. The highest BCUT2D eigenvalue weighted by Gasteiger charge is 2.24. The van der Waals surface area contributed by atoms with Crippen LogP contribution in [0.15, 0.2) is 12.1 Å². The number of ether oxygens (including phenoxy) is 4. The summed E-state index contributed by atoms with van der Waals surface area (Å²) in [5.41, 5.74) is 0.789. The van der Waals surface area contributed by atoms with Gasteiger partial charge in [0.25, 0.3) is 0 Å². The maximum absolute atomic E-state index is 10.3. The number of aliphatic hydroxyl groups excluding tert-OH is 1. The van der Waals surface area contributed by atoms with Gasteiger partial charge in [0.1, 0.15) is 0 Å². The first-order valence-electron chi connectivity index (χ1n) is 5.99. The lowest BCUT2D eigenvalue weighted by Gasteiger charge is -2.19. The first-order valence-corrected chi connectivity index (χ1v) is 7.07. The second-order valence-electron chi connectivity index (χ2n) is 4.13. The Hall–Kier alpha value is -0.570. The summed E-state index contributed by atoms with van der Waals surface area (Å²) in [6.07, 6.45) is -0.584. The summed E-state index contributed by atoms with van der Waals surface area (Å²) in [6, 6.07) is 3.62. The van der Waals surface area contributed by atoms with E-state index in [9.17, 15) is 5.11 Å². The van der Waals surface area contributed by atoms with E-state index < -0.39 is 6.10 Å². The molecule has 1 aliphatic rings. The summed E-state index contributed by atoms with van der Waals surface area (Å²) in [7, 11) is 3.17. The van der Waals surface area contributed by atoms with Crippen LogP contribution in [0, 0.1) is 3.57 Å². The Morgan fingerprint density at radius 3 is 2.58 bits per heavy atom. The fourth-order valence-electron chi connectivity index (χ4n) is 2.01. The van der Waals surface area contributed by atoms with Gasteiger partial charge < -0.3 is 24.1 Å². The second kappa shape index (κ2) is 6.74. The van der Waals surface area contributed by atoms with Gasteiger partial charge in [-0.2, -0.15) is 0 Å². The topological polar surface area (TPSA) is 57.2 Å².